The predicted molar refractivity (Wildman–Crippen MR) is 87.4 cm³/mol. The number of hydrogen-bond donors (Lipinski definition) is 1. The van der Waals surface area contributed by atoms with Crippen LogP contribution in [0, 0.1) is 12.8 Å². The Morgan fingerprint density at radius 1 is 1.29 bits per heavy atom. The van der Waals surface area contributed by atoms with Crippen molar-refractivity contribution < 1.29 is 9.15 Å². The van der Waals surface area contributed by atoms with E-state index in [0.29, 0.717) is 12.0 Å². The lowest BCUT2D eigenvalue weighted by Gasteiger charge is -2.25. The van der Waals surface area contributed by atoms with Crippen molar-refractivity contribution in [1.29, 1.82) is 0 Å². The standard InChI is InChI=1S/C17H32N2O2/c1-13(2)10-18-11-17-9-16(15(5)21-17)12-19(14(3)4)7-8-20-6/h9,13-14,18H,7-8,10-12H2,1-6H3. The summed E-state index contributed by atoms with van der Waals surface area (Å²) < 4.78 is 11.1. The fourth-order valence-electron chi connectivity index (χ4n) is 2.26. The summed E-state index contributed by atoms with van der Waals surface area (Å²) in [6.07, 6.45) is 0. The van der Waals surface area contributed by atoms with Crippen molar-refractivity contribution in [3.63, 3.8) is 0 Å². The first-order valence-electron chi connectivity index (χ1n) is 7.96. The third-order valence-electron chi connectivity index (χ3n) is 3.61. The first-order chi connectivity index (χ1) is 9.93. The van der Waals surface area contributed by atoms with Gasteiger partial charge >= 0.3 is 0 Å². The van der Waals surface area contributed by atoms with Crippen LogP contribution in [0.15, 0.2) is 10.5 Å². The first-order valence-corrected chi connectivity index (χ1v) is 7.96. The van der Waals surface area contributed by atoms with Gasteiger partial charge in [0.1, 0.15) is 11.5 Å². The maximum absolute atomic E-state index is 5.86. The minimum absolute atomic E-state index is 0.497. The zero-order valence-corrected chi connectivity index (χ0v) is 14.5. The van der Waals surface area contributed by atoms with Gasteiger partial charge in [0.25, 0.3) is 0 Å². The highest BCUT2D eigenvalue weighted by atomic mass is 16.5. The third-order valence-corrected chi connectivity index (χ3v) is 3.61. The Labute approximate surface area is 129 Å². The van der Waals surface area contributed by atoms with E-state index in [1.54, 1.807) is 7.11 Å². The van der Waals surface area contributed by atoms with Crippen LogP contribution >= 0.6 is 0 Å². The van der Waals surface area contributed by atoms with Crippen molar-refractivity contribution in [2.24, 2.45) is 5.92 Å². The van der Waals surface area contributed by atoms with E-state index >= 15 is 0 Å². The molecule has 0 radical (unpaired) electrons. The van der Waals surface area contributed by atoms with E-state index in [1.165, 1.54) is 5.56 Å². The number of rotatable bonds is 10. The molecule has 0 fully saturated rings. The second-order valence-electron chi connectivity index (χ2n) is 6.38. The van der Waals surface area contributed by atoms with Crippen LogP contribution in [-0.4, -0.2) is 37.7 Å². The van der Waals surface area contributed by atoms with Gasteiger partial charge < -0.3 is 14.5 Å². The maximum Gasteiger partial charge on any atom is 0.118 e. The molecule has 0 bridgehead atoms. The quantitative estimate of drug-likeness (QED) is 0.719. The number of nitrogens with one attached hydrogen (secondary N) is 1. The van der Waals surface area contributed by atoms with Crippen LogP contribution in [0.25, 0.3) is 0 Å². The molecule has 1 N–H and O–H groups in total. The molecular formula is C17H32N2O2. The molecule has 4 nitrogen and oxygen atoms in total. The molecule has 0 amide bonds. The summed E-state index contributed by atoms with van der Waals surface area (Å²) in [5, 5.41) is 3.42. The number of furan rings is 1. The fraction of sp³-hybridized carbons (Fsp3) is 0.765. The molecule has 1 rings (SSSR count). The van der Waals surface area contributed by atoms with Crippen LogP contribution in [0.5, 0.6) is 0 Å². The van der Waals surface area contributed by atoms with Gasteiger partial charge in [-0.05, 0) is 39.3 Å². The Bertz CT molecular complexity index is 399. The molecule has 0 spiro atoms. The summed E-state index contributed by atoms with van der Waals surface area (Å²) in [7, 11) is 1.75. The van der Waals surface area contributed by atoms with Gasteiger partial charge in [0.15, 0.2) is 0 Å². The summed E-state index contributed by atoms with van der Waals surface area (Å²) in [6, 6.07) is 2.68. The Hall–Kier alpha value is -0.840. The highest BCUT2D eigenvalue weighted by Gasteiger charge is 2.14. The number of ether oxygens (including phenoxy) is 1. The second kappa shape index (κ2) is 9.23. The lowest BCUT2D eigenvalue weighted by Crippen LogP contribution is -2.33. The highest BCUT2D eigenvalue weighted by molar-refractivity contribution is 5.20. The molecule has 0 aliphatic heterocycles. The average Bonchev–Trinajstić information content (AvgIpc) is 2.74. The summed E-state index contributed by atoms with van der Waals surface area (Å²) in [5.41, 5.74) is 1.28. The zero-order valence-electron chi connectivity index (χ0n) is 14.5. The molecule has 0 atom stereocenters. The van der Waals surface area contributed by atoms with E-state index in [4.69, 9.17) is 9.15 Å². The first kappa shape index (κ1) is 18.2. The predicted octanol–water partition coefficient (Wildman–Crippen LogP) is 3.19. The summed E-state index contributed by atoms with van der Waals surface area (Å²) in [5.74, 6) is 2.71. The van der Waals surface area contributed by atoms with Gasteiger partial charge in [0.2, 0.25) is 0 Å². The van der Waals surface area contributed by atoms with Gasteiger partial charge in [-0.25, -0.2) is 0 Å². The normalized spacial score (nSPS) is 12.0. The molecule has 0 aliphatic rings. The van der Waals surface area contributed by atoms with E-state index in [9.17, 15) is 0 Å². The van der Waals surface area contributed by atoms with Crippen molar-refractivity contribution in [3.05, 3.63) is 23.2 Å². The number of methoxy groups -OCH3 is 1. The minimum atomic E-state index is 0.497. The molecule has 0 aromatic carbocycles. The Morgan fingerprint density at radius 3 is 2.57 bits per heavy atom. The van der Waals surface area contributed by atoms with Crippen molar-refractivity contribution in [3.8, 4) is 0 Å². The van der Waals surface area contributed by atoms with Gasteiger partial charge in [-0.2, -0.15) is 0 Å². The molecule has 1 heterocycles. The maximum atomic E-state index is 5.86. The van der Waals surface area contributed by atoms with E-state index in [0.717, 1.165) is 44.3 Å². The van der Waals surface area contributed by atoms with Crippen LogP contribution in [0.4, 0.5) is 0 Å². The van der Waals surface area contributed by atoms with Crippen LogP contribution in [-0.2, 0) is 17.8 Å². The molecule has 0 saturated carbocycles. The molecule has 0 saturated heterocycles. The topological polar surface area (TPSA) is 37.6 Å². The number of nitrogens with zero attached hydrogens (tertiary/aromatic N) is 1. The van der Waals surface area contributed by atoms with Crippen LogP contribution < -0.4 is 5.32 Å². The number of hydrogen-bond acceptors (Lipinski definition) is 4. The molecule has 1 aromatic rings. The third kappa shape index (κ3) is 6.64. The molecule has 122 valence electrons. The molecule has 4 heteroatoms. The molecule has 21 heavy (non-hydrogen) atoms. The van der Waals surface area contributed by atoms with Gasteiger partial charge in [0.05, 0.1) is 13.2 Å². The molecule has 0 unspecified atom stereocenters. The van der Waals surface area contributed by atoms with Gasteiger partial charge in [-0.1, -0.05) is 13.8 Å². The van der Waals surface area contributed by atoms with Gasteiger partial charge in [-0.3, -0.25) is 4.90 Å². The van der Waals surface area contributed by atoms with E-state index in [-0.39, 0.29) is 0 Å². The summed E-state index contributed by atoms with van der Waals surface area (Å²) in [4.78, 5) is 2.41. The Balaban J connectivity index is 2.59. The van der Waals surface area contributed by atoms with E-state index < -0.39 is 0 Å². The summed E-state index contributed by atoms with van der Waals surface area (Å²) >= 11 is 0. The second-order valence-corrected chi connectivity index (χ2v) is 6.38. The van der Waals surface area contributed by atoms with Crippen molar-refractivity contribution >= 4 is 0 Å². The minimum Gasteiger partial charge on any atom is -0.465 e. The SMILES string of the molecule is COCCN(Cc1cc(CNCC(C)C)oc1C)C(C)C. The summed E-state index contributed by atoms with van der Waals surface area (Å²) in [6.45, 7) is 15.4. The Morgan fingerprint density at radius 2 is 2.00 bits per heavy atom. The van der Waals surface area contributed by atoms with E-state index in [2.05, 4.69) is 50.9 Å². The molecule has 1 aromatic heterocycles. The van der Waals surface area contributed by atoms with Crippen LogP contribution in [0.1, 0.15) is 44.8 Å². The lowest BCUT2D eigenvalue weighted by molar-refractivity contribution is 0.124. The van der Waals surface area contributed by atoms with Gasteiger partial charge in [-0.15, -0.1) is 0 Å². The molecule has 0 aliphatic carbocycles. The van der Waals surface area contributed by atoms with Crippen molar-refractivity contribution in [2.45, 2.75) is 53.8 Å². The van der Waals surface area contributed by atoms with Crippen molar-refractivity contribution in [2.75, 3.05) is 26.8 Å². The smallest absolute Gasteiger partial charge is 0.118 e. The monoisotopic (exact) mass is 296 g/mol. The van der Waals surface area contributed by atoms with Crippen molar-refractivity contribution in [1.82, 2.24) is 10.2 Å². The average molecular weight is 296 g/mol. The van der Waals surface area contributed by atoms with Crippen LogP contribution in [0.3, 0.4) is 0 Å². The zero-order chi connectivity index (χ0) is 15.8. The largest absolute Gasteiger partial charge is 0.465 e. The van der Waals surface area contributed by atoms with Crippen LogP contribution in [0.2, 0.25) is 0 Å². The Kier molecular flexibility index (Phi) is 8.01. The van der Waals surface area contributed by atoms with Gasteiger partial charge in [0, 0.05) is 31.8 Å². The van der Waals surface area contributed by atoms with E-state index in [1.807, 2.05) is 0 Å². The highest BCUT2D eigenvalue weighted by Crippen LogP contribution is 2.18. The number of aryl methyl sites for hydroxylation is 1. The molecular weight excluding hydrogens is 264 g/mol. The fourth-order valence-corrected chi connectivity index (χ4v) is 2.26. The lowest BCUT2D eigenvalue weighted by atomic mass is 10.2.